The molecule has 0 atom stereocenters. The molecule has 0 heterocycles. The third-order valence-corrected chi connectivity index (χ3v) is 2.30. The van der Waals surface area contributed by atoms with Crippen molar-refractivity contribution < 1.29 is 9.53 Å². The smallest absolute Gasteiger partial charge is 0.150 e. The minimum Gasteiger partial charge on any atom is -0.497 e. The highest BCUT2D eigenvalue weighted by atomic mass is 16.5. The molecule has 0 amide bonds. The summed E-state index contributed by atoms with van der Waals surface area (Å²) in [7, 11) is 1.63. The lowest BCUT2D eigenvalue weighted by Gasteiger charge is -2.03. The zero-order valence-electron chi connectivity index (χ0n) is 7.41. The molecule has 0 fully saturated rings. The van der Waals surface area contributed by atoms with Crippen molar-refractivity contribution in [3.8, 4) is 5.75 Å². The highest BCUT2D eigenvalue weighted by Crippen LogP contribution is 2.29. The molecule has 0 spiro atoms. The molecule has 0 aromatic heterocycles. The molecule has 1 aromatic rings. The van der Waals surface area contributed by atoms with Crippen LogP contribution in [-0.4, -0.2) is 13.4 Å². The second-order valence-corrected chi connectivity index (χ2v) is 3.00. The van der Waals surface area contributed by atoms with Gasteiger partial charge in [-0.15, -0.1) is 0 Å². The maximum atomic E-state index is 10.7. The van der Waals surface area contributed by atoms with Gasteiger partial charge in [-0.05, 0) is 29.7 Å². The van der Waals surface area contributed by atoms with Crippen molar-refractivity contribution in [1.29, 1.82) is 0 Å². The van der Waals surface area contributed by atoms with Gasteiger partial charge in [0.15, 0.2) is 0 Å². The van der Waals surface area contributed by atoms with Gasteiger partial charge in [0, 0.05) is 5.57 Å². The summed E-state index contributed by atoms with van der Waals surface area (Å²) in [5, 5.41) is 0. The van der Waals surface area contributed by atoms with Gasteiger partial charge in [0.25, 0.3) is 0 Å². The van der Waals surface area contributed by atoms with Crippen LogP contribution in [0.3, 0.4) is 0 Å². The maximum Gasteiger partial charge on any atom is 0.150 e. The fraction of sp³-hybridized carbons (Fsp3) is 0.182. The topological polar surface area (TPSA) is 26.3 Å². The van der Waals surface area contributed by atoms with E-state index >= 15 is 0 Å². The first-order valence-electron chi connectivity index (χ1n) is 4.18. The van der Waals surface area contributed by atoms with E-state index < -0.39 is 0 Å². The van der Waals surface area contributed by atoms with Crippen LogP contribution in [0.1, 0.15) is 11.1 Å². The first-order chi connectivity index (χ1) is 6.35. The van der Waals surface area contributed by atoms with E-state index in [0.717, 1.165) is 29.6 Å². The Morgan fingerprint density at radius 1 is 1.46 bits per heavy atom. The molecule has 0 saturated carbocycles. The van der Waals surface area contributed by atoms with Crippen molar-refractivity contribution in [3.63, 3.8) is 0 Å². The van der Waals surface area contributed by atoms with Crippen molar-refractivity contribution in [3.05, 3.63) is 35.4 Å². The standard InChI is InChI=1S/C11H10O2/c1-13-10-5-4-8-2-3-9(7-12)11(8)6-10/h3-7H,2H2,1H3. The van der Waals surface area contributed by atoms with Crippen LogP contribution >= 0.6 is 0 Å². The molecule has 1 aliphatic carbocycles. The van der Waals surface area contributed by atoms with Crippen LogP contribution in [0, 0.1) is 0 Å². The number of carbonyl (C=O) groups is 1. The minimum absolute atomic E-state index is 0.772. The van der Waals surface area contributed by atoms with E-state index in [-0.39, 0.29) is 0 Å². The monoisotopic (exact) mass is 174 g/mol. The Morgan fingerprint density at radius 3 is 3.00 bits per heavy atom. The molecule has 1 aliphatic rings. The number of benzene rings is 1. The van der Waals surface area contributed by atoms with Crippen molar-refractivity contribution in [1.82, 2.24) is 0 Å². The molecule has 0 radical (unpaired) electrons. The third-order valence-electron chi connectivity index (χ3n) is 2.30. The summed E-state index contributed by atoms with van der Waals surface area (Å²) in [5.41, 5.74) is 2.98. The average Bonchev–Trinajstić information content (AvgIpc) is 2.59. The normalized spacial score (nSPS) is 13.5. The molecule has 0 N–H and O–H groups in total. The van der Waals surface area contributed by atoms with Crippen LogP contribution < -0.4 is 4.74 Å². The number of ether oxygens (including phenoxy) is 1. The number of hydrogen-bond acceptors (Lipinski definition) is 2. The van der Waals surface area contributed by atoms with Crippen molar-refractivity contribution in [2.24, 2.45) is 0 Å². The average molecular weight is 174 g/mol. The Balaban J connectivity index is 2.49. The molecule has 0 bridgehead atoms. The summed E-state index contributed by atoms with van der Waals surface area (Å²) in [6, 6.07) is 5.82. The van der Waals surface area contributed by atoms with Gasteiger partial charge in [0.2, 0.25) is 0 Å². The lowest BCUT2D eigenvalue weighted by Crippen LogP contribution is -1.88. The lowest BCUT2D eigenvalue weighted by atomic mass is 10.1. The van der Waals surface area contributed by atoms with Crippen molar-refractivity contribution >= 4 is 11.9 Å². The summed E-state index contributed by atoms with van der Waals surface area (Å²) in [5.74, 6) is 0.799. The fourth-order valence-electron chi connectivity index (χ4n) is 1.57. The molecule has 0 unspecified atom stereocenters. The molecule has 2 nitrogen and oxygen atoms in total. The van der Waals surface area contributed by atoms with E-state index in [1.165, 1.54) is 5.56 Å². The van der Waals surface area contributed by atoms with Gasteiger partial charge in [0.1, 0.15) is 12.0 Å². The molecule has 2 rings (SSSR count). The van der Waals surface area contributed by atoms with Crippen LogP contribution in [0.25, 0.3) is 5.57 Å². The predicted molar refractivity (Wildman–Crippen MR) is 50.7 cm³/mol. The molecule has 2 heteroatoms. The number of rotatable bonds is 2. The molecular formula is C11H10O2. The van der Waals surface area contributed by atoms with Gasteiger partial charge in [-0.2, -0.15) is 0 Å². The number of carbonyl (C=O) groups excluding carboxylic acids is 1. The summed E-state index contributed by atoms with van der Waals surface area (Å²) in [4.78, 5) is 10.7. The molecule has 0 saturated heterocycles. The molecule has 66 valence electrons. The van der Waals surface area contributed by atoms with E-state index in [1.807, 2.05) is 24.3 Å². The van der Waals surface area contributed by atoms with Crippen molar-refractivity contribution in [2.45, 2.75) is 6.42 Å². The number of allylic oxidation sites excluding steroid dienone is 2. The molecule has 1 aromatic carbocycles. The SMILES string of the molecule is COc1ccc2c(c1)C(C=O)=CC2. The van der Waals surface area contributed by atoms with Gasteiger partial charge in [-0.25, -0.2) is 0 Å². The zero-order chi connectivity index (χ0) is 9.26. The summed E-state index contributed by atoms with van der Waals surface area (Å²) < 4.78 is 5.09. The van der Waals surface area contributed by atoms with Crippen LogP contribution in [0.4, 0.5) is 0 Å². The number of fused-ring (bicyclic) bond motifs is 1. The van der Waals surface area contributed by atoms with Gasteiger partial charge in [-0.3, -0.25) is 4.79 Å². The largest absolute Gasteiger partial charge is 0.497 e. The van der Waals surface area contributed by atoms with Crippen LogP contribution in [0.2, 0.25) is 0 Å². The first-order valence-corrected chi connectivity index (χ1v) is 4.18. The van der Waals surface area contributed by atoms with Crippen LogP contribution in [0.15, 0.2) is 24.3 Å². The Labute approximate surface area is 76.8 Å². The Hall–Kier alpha value is -1.57. The highest BCUT2D eigenvalue weighted by Gasteiger charge is 2.13. The zero-order valence-corrected chi connectivity index (χ0v) is 7.41. The Morgan fingerprint density at radius 2 is 2.31 bits per heavy atom. The summed E-state index contributed by atoms with van der Waals surface area (Å²) >= 11 is 0. The van der Waals surface area contributed by atoms with Crippen LogP contribution in [-0.2, 0) is 11.2 Å². The molecular weight excluding hydrogens is 164 g/mol. The summed E-state index contributed by atoms with van der Waals surface area (Å²) in [6.07, 6.45) is 3.69. The van der Waals surface area contributed by atoms with E-state index in [1.54, 1.807) is 7.11 Å². The highest BCUT2D eigenvalue weighted by molar-refractivity contribution is 6.09. The van der Waals surface area contributed by atoms with Gasteiger partial charge in [0.05, 0.1) is 7.11 Å². The fourth-order valence-corrected chi connectivity index (χ4v) is 1.57. The van der Waals surface area contributed by atoms with Gasteiger partial charge < -0.3 is 4.74 Å². The lowest BCUT2D eigenvalue weighted by molar-refractivity contribution is -0.103. The number of methoxy groups -OCH3 is 1. The molecule has 13 heavy (non-hydrogen) atoms. The maximum absolute atomic E-state index is 10.7. The minimum atomic E-state index is 0.772. The molecule has 0 aliphatic heterocycles. The second kappa shape index (κ2) is 3.05. The number of hydrogen-bond donors (Lipinski definition) is 0. The quantitative estimate of drug-likeness (QED) is 0.639. The second-order valence-electron chi connectivity index (χ2n) is 3.00. The van der Waals surface area contributed by atoms with E-state index in [2.05, 4.69) is 0 Å². The van der Waals surface area contributed by atoms with E-state index in [0.29, 0.717) is 0 Å². The van der Waals surface area contributed by atoms with Crippen molar-refractivity contribution in [2.75, 3.05) is 7.11 Å². The van der Waals surface area contributed by atoms with Gasteiger partial charge >= 0.3 is 0 Å². The Kier molecular flexibility index (Phi) is 1.89. The first kappa shape index (κ1) is 8.05. The van der Waals surface area contributed by atoms with E-state index in [4.69, 9.17) is 4.74 Å². The van der Waals surface area contributed by atoms with Crippen LogP contribution in [0.5, 0.6) is 5.75 Å². The predicted octanol–water partition coefficient (Wildman–Crippen LogP) is 1.83. The number of aldehydes is 1. The van der Waals surface area contributed by atoms with Gasteiger partial charge in [-0.1, -0.05) is 12.1 Å². The Bertz CT molecular complexity index is 378. The summed E-state index contributed by atoms with van der Waals surface area (Å²) in [6.45, 7) is 0. The van der Waals surface area contributed by atoms with E-state index in [9.17, 15) is 4.79 Å². The third kappa shape index (κ3) is 1.24.